The second kappa shape index (κ2) is 7.43. The number of fused-ring (bicyclic) bond motifs is 4. The van der Waals surface area contributed by atoms with Crippen molar-refractivity contribution >= 4 is 83.2 Å². The standard InChI is InChI=1S/C22H15ClN2O3S4/c1-10-5-4-6-13-15-19(31-32-21(15)29)22(2,3)24(17(10)13)20(26)18-16(23)12-8-7-11(25(27)28)9-14(12)30-18/h4-9H,1-3H3. The van der Waals surface area contributed by atoms with Crippen LogP contribution in [0, 0.1) is 20.9 Å². The van der Waals surface area contributed by atoms with Crippen LogP contribution in [0.2, 0.25) is 5.02 Å². The molecular formula is C22H15ClN2O3S4. The van der Waals surface area contributed by atoms with E-state index in [2.05, 4.69) is 0 Å². The molecule has 1 aliphatic rings. The number of nitrogens with zero attached hydrogens (tertiary/aromatic N) is 2. The van der Waals surface area contributed by atoms with Gasteiger partial charge in [0.15, 0.2) is 0 Å². The minimum atomic E-state index is -0.644. The summed E-state index contributed by atoms with van der Waals surface area (Å²) in [5.74, 6) is -0.227. The number of non-ortho nitro benzene ring substituents is 1. The molecule has 0 bridgehead atoms. The first-order chi connectivity index (χ1) is 15.1. The summed E-state index contributed by atoms with van der Waals surface area (Å²) in [6, 6.07) is 10.4. The Balaban J connectivity index is 1.75. The highest BCUT2D eigenvalue weighted by Gasteiger charge is 2.44. The number of benzene rings is 2. The molecule has 0 radical (unpaired) electrons. The SMILES string of the molecule is Cc1cccc2c1N(C(=O)c1sc3cc([N+](=O)[O-])ccc3c1Cl)C(C)(C)c1ssc(=S)c1-2. The second-order valence-electron chi connectivity index (χ2n) is 8.01. The molecule has 4 aromatic rings. The van der Waals surface area contributed by atoms with Crippen molar-refractivity contribution in [1.82, 2.24) is 0 Å². The van der Waals surface area contributed by atoms with Crippen LogP contribution in [0.25, 0.3) is 21.2 Å². The average molecular weight is 519 g/mol. The molecule has 162 valence electrons. The minimum absolute atomic E-state index is 0.0309. The van der Waals surface area contributed by atoms with E-state index < -0.39 is 10.5 Å². The van der Waals surface area contributed by atoms with Crippen molar-refractivity contribution in [2.24, 2.45) is 0 Å². The fraction of sp³-hybridized carbons (Fsp3) is 0.182. The van der Waals surface area contributed by atoms with Crippen LogP contribution in [-0.2, 0) is 5.54 Å². The van der Waals surface area contributed by atoms with E-state index in [1.54, 1.807) is 26.7 Å². The number of thiophene rings is 1. The number of para-hydroxylation sites is 1. The number of hydrogen-bond acceptors (Lipinski definition) is 7. The van der Waals surface area contributed by atoms with E-state index in [9.17, 15) is 14.9 Å². The normalized spacial score (nSPS) is 14.3. The van der Waals surface area contributed by atoms with Crippen molar-refractivity contribution in [1.29, 1.82) is 0 Å². The Morgan fingerprint density at radius 2 is 1.97 bits per heavy atom. The summed E-state index contributed by atoms with van der Waals surface area (Å²) in [4.78, 5) is 28.0. The number of rotatable bonds is 2. The number of halogens is 1. The Bertz CT molecular complexity index is 1520. The van der Waals surface area contributed by atoms with Crippen molar-refractivity contribution in [2.75, 3.05) is 4.90 Å². The van der Waals surface area contributed by atoms with Crippen LogP contribution >= 0.6 is 55.8 Å². The molecular weight excluding hydrogens is 504 g/mol. The van der Waals surface area contributed by atoms with E-state index in [1.807, 2.05) is 43.9 Å². The second-order valence-corrected chi connectivity index (χ2v) is 12.3. The third-order valence-corrected chi connectivity index (χ3v) is 10.7. The highest BCUT2D eigenvalue weighted by Crippen LogP contribution is 2.54. The Kier molecular flexibility index (Phi) is 5.03. The number of aryl methyl sites for hydroxylation is 1. The van der Waals surface area contributed by atoms with Crippen molar-refractivity contribution in [3.63, 3.8) is 0 Å². The van der Waals surface area contributed by atoms with Crippen molar-refractivity contribution in [3.8, 4) is 11.1 Å². The van der Waals surface area contributed by atoms with E-state index >= 15 is 0 Å². The monoisotopic (exact) mass is 518 g/mol. The molecule has 0 saturated carbocycles. The maximum atomic E-state index is 14.1. The van der Waals surface area contributed by atoms with E-state index in [1.165, 1.54) is 23.5 Å². The lowest BCUT2D eigenvalue weighted by molar-refractivity contribution is -0.384. The molecule has 32 heavy (non-hydrogen) atoms. The molecule has 3 heterocycles. The van der Waals surface area contributed by atoms with Crippen LogP contribution in [0.1, 0.15) is 34.0 Å². The summed E-state index contributed by atoms with van der Waals surface area (Å²) in [7, 11) is 3.14. The number of nitro groups is 1. The lowest BCUT2D eigenvalue weighted by Gasteiger charge is -2.43. The lowest BCUT2D eigenvalue weighted by atomic mass is 9.86. The van der Waals surface area contributed by atoms with Crippen LogP contribution < -0.4 is 4.90 Å². The van der Waals surface area contributed by atoms with E-state index in [0.717, 1.165) is 31.1 Å². The van der Waals surface area contributed by atoms with Crippen LogP contribution in [-0.4, -0.2) is 10.8 Å². The summed E-state index contributed by atoms with van der Waals surface area (Å²) in [6.45, 7) is 6.02. The quantitative estimate of drug-likeness (QED) is 0.116. The summed E-state index contributed by atoms with van der Waals surface area (Å²) in [5, 5.41) is 12.1. The predicted octanol–water partition coefficient (Wildman–Crippen LogP) is 8.19. The minimum Gasteiger partial charge on any atom is -0.296 e. The number of amides is 1. The summed E-state index contributed by atoms with van der Waals surface area (Å²) in [5.41, 5.74) is 3.09. The third kappa shape index (κ3) is 2.99. The molecule has 0 saturated heterocycles. The van der Waals surface area contributed by atoms with E-state index in [0.29, 0.717) is 20.0 Å². The van der Waals surface area contributed by atoms with Gasteiger partial charge in [0.1, 0.15) is 8.70 Å². The van der Waals surface area contributed by atoms with Gasteiger partial charge in [0, 0.05) is 33.3 Å². The maximum Gasteiger partial charge on any atom is 0.270 e. The molecule has 0 fully saturated rings. The molecule has 10 heteroatoms. The highest BCUT2D eigenvalue weighted by molar-refractivity contribution is 7.80. The summed E-state index contributed by atoms with van der Waals surface area (Å²) >= 11 is 13.5. The molecule has 0 atom stereocenters. The molecule has 0 unspecified atom stereocenters. The molecule has 0 spiro atoms. The molecule has 5 rings (SSSR count). The van der Waals surface area contributed by atoms with Gasteiger partial charge in [-0.15, -0.1) is 11.3 Å². The molecule has 1 aliphatic heterocycles. The lowest BCUT2D eigenvalue weighted by Crippen LogP contribution is -2.48. The molecule has 5 nitrogen and oxygen atoms in total. The van der Waals surface area contributed by atoms with Crippen molar-refractivity contribution in [2.45, 2.75) is 26.3 Å². The van der Waals surface area contributed by atoms with Crippen LogP contribution in [0.3, 0.4) is 0 Å². The number of anilines is 1. The zero-order valence-electron chi connectivity index (χ0n) is 17.1. The van der Waals surface area contributed by atoms with Gasteiger partial charge in [-0.3, -0.25) is 19.8 Å². The number of nitro benzene ring substituents is 1. The topological polar surface area (TPSA) is 63.5 Å². The van der Waals surface area contributed by atoms with Crippen LogP contribution in [0.5, 0.6) is 0 Å². The van der Waals surface area contributed by atoms with Gasteiger partial charge in [-0.1, -0.05) is 62.7 Å². The highest BCUT2D eigenvalue weighted by atomic mass is 35.5. The Hall–Kier alpha value is -2.17. The fourth-order valence-electron chi connectivity index (χ4n) is 4.20. The summed E-state index contributed by atoms with van der Waals surface area (Å²) < 4.78 is 1.43. The van der Waals surface area contributed by atoms with E-state index in [4.69, 9.17) is 23.8 Å². The predicted molar refractivity (Wildman–Crippen MR) is 137 cm³/mol. The fourth-order valence-corrected chi connectivity index (χ4v) is 8.95. The molecule has 2 aromatic carbocycles. The van der Waals surface area contributed by atoms with E-state index in [-0.39, 0.29) is 11.6 Å². The Labute approximate surface area is 205 Å². The third-order valence-electron chi connectivity index (χ3n) is 5.70. The molecule has 0 aliphatic carbocycles. The zero-order valence-corrected chi connectivity index (χ0v) is 21.1. The van der Waals surface area contributed by atoms with Gasteiger partial charge in [0.25, 0.3) is 11.6 Å². The van der Waals surface area contributed by atoms with Gasteiger partial charge in [0.05, 0.1) is 26.0 Å². The maximum absolute atomic E-state index is 14.1. The largest absolute Gasteiger partial charge is 0.296 e. The van der Waals surface area contributed by atoms with Gasteiger partial charge in [-0.2, -0.15) is 0 Å². The van der Waals surface area contributed by atoms with Gasteiger partial charge in [-0.05, 0) is 32.4 Å². The van der Waals surface area contributed by atoms with Gasteiger partial charge in [0.2, 0.25) is 0 Å². The Morgan fingerprint density at radius 1 is 1.22 bits per heavy atom. The summed E-state index contributed by atoms with van der Waals surface area (Å²) in [6.07, 6.45) is 0. The van der Waals surface area contributed by atoms with Gasteiger partial charge >= 0.3 is 0 Å². The molecule has 2 aromatic heterocycles. The first kappa shape index (κ1) is 21.7. The molecule has 0 N–H and O–H groups in total. The number of carbonyl (C=O) groups excluding carboxylic acids is 1. The van der Waals surface area contributed by atoms with Crippen molar-refractivity contribution in [3.05, 3.63) is 70.7 Å². The smallest absolute Gasteiger partial charge is 0.270 e. The van der Waals surface area contributed by atoms with Crippen LogP contribution in [0.15, 0.2) is 36.4 Å². The molecule has 1 amide bonds. The number of hydrogen-bond donors (Lipinski definition) is 0. The first-order valence-corrected chi connectivity index (χ1v) is 13.3. The Morgan fingerprint density at radius 3 is 2.69 bits per heavy atom. The van der Waals surface area contributed by atoms with Gasteiger partial charge < -0.3 is 0 Å². The average Bonchev–Trinajstić information content (AvgIpc) is 3.29. The number of carbonyl (C=O) groups is 1. The zero-order chi connectivity index (χ0) is 22.9. The first-order valence-electron chi connectivity index (χ1n) is 9.57. The van der Waals surface area contributed by atoms with Gasteiger partial charge in [-0.25, -0.2) is 0 Å². The van der Waals surface area contributed by atoms with Crippen molar-refractivity contribution < 1.29 is 9.72 Å². The van der Waals surface area contributed by atoms with Crippen LogP contribution in [0.4, 0.5) is 11.4 Å².